The molecule has 0 spiro atoms. The van der Waals surface area contributed by atoms with Gasteiger partial charge < -0.3 is 5.32 Å². The highest BCUT2D eigenvalue weighted by atomic mass is 35.5. The highest BCUT2D eigenvalue weighted by Gasteiger charge is 2.35. The van der Waals surface area contributed by atoms with E-state index < -0.39 is 24.5 Å². The smallest absolute Gasteiger partial charge is 0.314 e. The molecule has 1 saturated heterocycles. The van der Waals surface area contributed by atoms with E-state index in [0.717, 1.165) is 19.2 Å². The van der Waals surface area contributed by atoms with Crippen LogP contribution in [0.2, 0.25) is 5.02 Å². The van der Waals surface area contributed by atoms with Crippen LogP contribution in [0.1, 0.15) is 23.6 Å². The Bertz CT molecular complexity index is 473. The summed E-state index contributed by atoms with van der Waals surface area (Å²) in [5, 5.41) is 2.85. The molecule has 118 valence electrons. The number of nitrogens with one attached hydrogen (secondary N) is 1. The van der Waals surface area contributed by atoms with Crippen molar-refractivity contribution < 1.29 is 17.6 Å². The maximum absolute atomic E-state index is 12.9. The maximum Gasteiger partial charge on any atom is 0.417 e. The van der Waals surface area contributed by atoms with Crippen LogP contribution in [0.25, 0.3) is 0 Å². The van der Waals surface area contributed by atoms with Gasteiger partial charge in [-0.1, -0.05) is 23.7 Å². The Morgan fingerprint density at radius 2 is 1.90 bits per heavy atom. The first kappa shape index (κ1) is 16.5. The molecule has 1 N–H and O–H groups in total. The van der Waals surface area contributed by atoms with E-state index in [9.17, 15) is 17.6 Å². The Morgan fingerprint density at radius 1 is 1.24 bits per heavy atom. The first-order valence-corrected chi connectivity index (χ1v) is 7.19. The van der Waals surface area contributed by atoms with Crippen LogP contribution in [0.15, 0.2) is 18.2 Å². The van der Waals surface area contributed by atoms with Crippen LogP contribution < -0.4 is 5.32 Å². The molecule has 0 amide bonds. The van der Waals surface area contributed by atoms with Gasteiger partial charge in [0, 0.05) is 32.2 Å². The third-order valence-corrected chi connectivity index (χ3v) is 4.09. The molecule has 7 heteroatoms. The molecule has 0 aromatic heterocycles. The van der Waals surface area contributed by atoms with Crippen LogP contribution in [0.5, 0.6) is 0 Å². The SMILES string of the molecule is FCC[C@H](c1cccc(C(F)(F)F)c1Cl)N1CCNCC1. The number of halogens is 5. The van der Waals surface area contributed by atoms with Crippen molar-refractivity contribution in [1.82, 2.24) is 10.2 Å². The van der Waals surface area contributed by atoms with E-state index in [0.29, 0.717) is 18.7 Å². The lowest BCUT2D eigenvalue weighted by Crippen LogP contribution is -2.45. The quantitative estimate of drug-likeness (QED) is 0.850. The molecule has 1 aliphatic heterocycles. The van der Waals surface area contributed by atoms with Crippen molar-refractivity contribution in [3.63, 3.8) is 0 Å². The van der Waals surface area contributed by atoms with Gasteiger partial charge in [-0.05, 0) is 18.1 Å². The Kier molecular flexibility index (Phi) is 5.46. The molecular weight excluding hydrogens is 308 g/mol. The predicted molar refractivity (Wildman–Crippen MR) is 74.2 cm³/mol. The molecule has 0 unspecified atom stereocenters. The largest absolute Gasteiger partial charge is 0.417 e. The zero-order valence-electron chi connectivity index (χ0n) is 11.4. The average molecular weight is 325 g/mol. The highest BCUT2D eigenvalue weighted by Crippen LogP contribution is 2.40. The van der Waals surface area contributed by atoms with Crippen molar-refractivity contribution in [2.24, 2.45) is 0 Å². The minimum Gasteiger partial charge on any atom is -0.314 e. The molecule has 2 rings (SSSR count). The number of piperazine rings is 1. The number of rotatable bonds is 4. The topological polar surface area (TPSA) is 15.3 Å². The second-order valence-electron chi connectivity index (χ2n) is 4.99. The average Bonchev–Trinajstić information content (AvgIpc) is 2.45. The van der Waals surface area contributed by atoms with Crippen molar-refractivity contribution in [1.29, 1.82) is 0 Å². The molecule has 1 heterocycles. The summed E-state index contributed by atoms with van der Waals surface area (Å²) in [5.41, 5.74) is -0.508. The van der Waals surface area contributed by atoms with Gasteiger partial charge in [0.25, 0.3) is 0 Å². The molecule has 1 fully saturated rings. The van der Waals surface area contributed by atoms with Gasteiger partial charge in [-0.2, -0.15) is 13.2 Å². The summed E-state index contributed by atoms with van der Waals surface area (Å²) in [6, 6.07) is 3.42. The van der Waals surface area contributed by atoms with E-state index in [1.807, 2.05) is 4.90 Å². The second-order valence-corrected chi connectivity index (χ2v) is 5.36. The predicted octanol–water partition coefficient (Wildman–Crippen LogP) is 3.66. The Morgan fingerprint density at radius 3 is 2.48 bits per heavy atom. The molecule has 2 nitrogen and oxygen atoms in total. The monoisotopic (exact) mass is 324 g/mol. The third-order valence-electron chi connectivity index (χ3n) is 3.67. The lowest BCUT2D eigenvalue weighted by molar-refractivity contribution is -0.137. The molecular formula is C14H17ClF4N2. The van der Waals surface area contributed by atoms with Crippen LogP contribution in [0.4, 0.5) is 17.6 Å². The summed E-state index contributed by atoms with van der Waals surface area (Å²) in [4.78, 5) is 1.98. The van der Waals surface area contributed by atoms with Gasteiger partial charge in [0.05, 0.1) is 17.3 Å². The first-order valence-electron chi connectivity index (χ1n) is 6.81. The Hall–Kier alpha value is -0.850. The van der Waals surface area contributed by atoms with Gasteiger partial charge >= 0.3 is 6.18 Å². The molecule has 0 aliphatic carbocycles. The van der Waals surface area contributed by atoms with Crippen molar-refractivity contribution in [3.05, 3.63) is 34.3 Å². The van der Waals surface area contributed by atoms with Crippen LogP contribution in [-0.2, 0) is 6.18 Å². The van der Waals surface area contributed by atoms with Crippen molar-refractivity contribution >= 4 is 11.6 Å². The molecule has 1 aliphatic rings. The summed E-state index contributed by atoms with van der Waals surface area (Å²) in [6.07, 6.45) is -4.36. The van der Waals surface area contributed by atoms with Gasteiger partial charge in [-0.3, -0.25) is 9.29 Å². The number of hydrogen-bond donors (Lipinski definition) is 1. The lowest BCUT2D eigenvalue weighted by atomic mass is 9.99. The maximum atomic E-state index is 12.9. The number of benzene rings is 1. The fraction of sp³-hybridized carbons (Fsp3) is 0.571. The number of nitrogens with zero attached hydrogens (tertiary/aromatic N) is 1. The standard InChI is InChI=1S/C14H17ClF4N2/c15-13-10(2-1-3-11(13)14(17,18)19)12(4-5-16)21-8-6-20-7-9-21/h1-3,12,20H,4-9H2/t12-/m1/s1. The van der Waals surface area contributed by atoms with E-state index in [1.165, 1.54) is 6.07 Å². The van der Waals surface area contributed by atoms with Crippen molar-refractivity contribution in [3.8, 4) is 0 Å². The van der Waals surface area contributed by atoms with Crippen molar-refractivity contribution in [2.75, 3.05) is 32.9 Å². The first-order chi connectivity index (χ1) is 9.95. The number of alkyl halides is 4. The van der Waals surface area contributed by atoms with E-state index >= 15 is 0 Å². The Balaban J connectivity index is 2.36. The fourth-order valence-electron chi connectivity index (χ4n) is 2.66. The van der Waals surface area contributed by atoms with Gasteiger partial charge in [0.15, 0.2) is 0 Å². The summed E-state index contributed by atoms with van der Waals surface area (Å²) >= 11 is 5.96. The van der Waals surface area contributed by atoms with E-state index in [1.54, 1.807) is 6.07 Å². The fourth-order valence-corrected chi connectivity index (χ4v) is 3.02. The molecule has 1 atom stereocenters. The summed E-state index contributed by atoms with van der Waals surface area (Å²) in [6.45, 7) is 2.20. The zero-order valence-corrected chi connectivity index (χ0v) is 12.1. The van der Waals surface area contributed by atoms with Crippen LogP contribution in [-0.4, -0.2) is 37.8 Å². The molecule has 1 aromatic rings. The molecule has 0 bridgehead atoms. The van der Waals surface area contributed by atoms with Crippen LogP contribution in [0, 0.1) is 0 Å². The zero-order chi connectivity index (χ0) is 15.5. The molecule has 0 radical (unpaired) electrons. The second kappa shape index (κ2) is 6.94. The lowest BCUT2D eigenvalue weighted by Gasteiger charge is -2.35. The minimum absolute atomic E-state index is 0.140. The summed E-state index contributed by atoms with van der Waals surface area (Å²) < 4.78 is 51.7. The highest BCUT2D eigenvalue weighted by molar-refractivity contribution is 6.32. The van der Waals surface area contributed by atoms with Gasteiger partial charge in [0.2, 0.25) is 0 Å². The Labute approximate surface area is 126 Å². The van der Waals surface area contributed by atoms with Crippen LogP contribution in [0.3, 0.4) is 0 Å². The van der Waals surface area contributed by atoms with E-state index in [2.05, 4.69) is 5.32 Å². The summed E-state index contributed by atoms with van der Waals surface area (Å²) in [5.74, 6) is 0. The number of hydrogen-bond acceptors (Lipinski definition) is 2. The van der Waals surface area contributed by atoms with Crippen LogP contribution >= 0.6 is 11.6 Å². The molecule has 1 aromatic carbocycles. The van der Waals surface area contributed by atoms with Gasteiger partial charge in [-0.15, -0.1) is 0 Å². The minimum atomic E-state index is -4.50. The molecule has 0 saturated carbocycles. The third kappa shape index (κ3) is 3.87. The van der Waals surface area contributed by atoms with Gasteiger partial charge in [0.1, 0.15) is 0 Å². The van der Waals surface area contributed by atoms with E-state index in [-0.39, 0.29) is 11.4 Å². The normalized spacial score (nSPS) is 18.7. The van der Waals surface area contributed by atoms with Crippen molar-refractivity contribution in [2.45, 2.75) is 18.6 Å². The molecule has 21 heavy (non-hydrogen) atoms. The van der Waals surface area contributed by atoms with Gasteiger partial charge in [-0.25, -0.2) is 0 Å². The van der Waals surface area contributed by atoms with E-state index in [4.69, 9.17) is 11.6 Å². The summed E-state index contributed by atoms with van der Waals surface area (Å²) in [7, 11) is 0.